The second-order valence-electron chi connectivity index (χ2n) is 5.43. The van der Waals surface area contributed by atoms with E-state index in [-0.39, 0.29) is 11.2 Å². The van der Waals surface area contributed by atoms with E-state index in [4.69, 9.17) is 0 Å². The fourth-order valence-corrected chi connectivity index (χ4v) is 3.08. The van der Waals surface area contributed by atoms with Crippen LogP contribution in [0.3, 0.4) is 0 Å². The zero-order chi connectivity index (χ0) is 16.8. The highest BCUT2D eigenvalue weighted by Gasteiger charge is 2.16. The maximum Gasteiger partial charge on any atom is 0.233 e. The highest BCUT2D eigenvalue weighted by molar-refractivity contribution is 8.00. The molecule has 0 aliphatic heterocycles. The van der Waals surface area contributed by atoms with Crippen molar-refractivity contribution in [3.8, 4) is 11.3 Å². The number of benzene rings is 2. The van der Waals surface area contributed by atoms with E-state index >= 15 is 0 Å². The van der Waals surface area contributed by atoms with Gasteiger partial charge >= 0.3 is 0 Å². The van der Waals surface area contributed by atoms with Crippen molar-refractivity contribution in [2.24, 2.45) is 0 Å². The van der Waals surface area contributed by atoms with E-state index < -0.39 is 0 Å². The van der Waals surface area contributed by atoms with E-state index in [0.717, 1.165) is 22.0 Å². The summed E-state index contributed by atoms with van der Waals surface area (Å²) in [5, 5.41) is 3.48. The monoisotopic (exact) mass is 337 g/mol. The van der Waals surface area contributed by atoms with Gasteiger partial charge in [-0.1, -0.05) is 72.4 Å². The number of thioether (sulfide) groups is 1. The summed E-state index contributed by atoms with van der Waals surface area (Å²) in [5.41, 5.74) is 3.13. The Labute approximate surface area is 145 Å². The average Bonchev–Trinajstić information content (AvgIpc) is 3.10. The summed E-state index contributed by atoms with van der Waals surface area (Å²) in [5.74, 6) is 0.00140. The lowest BCUT2D eigenvalue weighted by Gasteiger charge is -2.10. The van der Waals surface area contributed by atoms with Crippen LogP contribution in [0.2, 0.25) is 0 Å². The van der Waals surface area contributed by atoms with E-state index in [9.17, 15) is 4.79 Å². The zero-order valence-corrected chi connectivity index (χ0v) is 14.2. The number of hydrogen-bond acceptors (Lipinski definition) is 3. The van der Waals surface area contributed by atoms with Crippen LogP contribution in [0.5, 0.6) is 0 Å². The molecule has 122 valence electrons. The number of hydrogen-bond donors (Lipinski definition) is 2. The maximum atomic E-state index is 12.2. The van der Waals surface area contributed by atoms with Crippen molar-refractivity contribution in [3.05, 3.63) is 72.4 Å². The van der Waals surface area contributed by atoms with Gasteiger partial charge in [-0.15, -0.1) is 0 Å². The number of aromatic nitrogens is 2. The van der Waals surface area contributed by atoms with Crippen LogP contribution in [0.1, 0.15) is 12.5 Å². The van der Waals surface area contributed by atoms with Crippen LogP contribution in [0.15, 0.2) is 72.0 Å². The van der Waals surface area contributed by atoms with Gasteiger partial charge in [-0.25, -0.2) is 4.98 Å². The van der Waals surface area contributed by atoms with Crippen molar-refractivity contribution in [2.45, 2.75) is 23.9 Å². The third-order valence-corrected chi connectivity index (χ3v) is 4.60. The molecule has 3 rings (SSSR count). The molecule has 3 aromatic rings. The molecule has 1 heterocycles. The summed E-state index contributed by atoms with van der Waals surface area (Å²) >= 11 is 1.42. The topological polar surface area (TPSA) is 57.8 Å². The van der Waals surface area contributed by atoms with Gasteiger partial charge in [-0.3, -0.25) is 4.79 Å². The summed E-state index contributed by atoms with van der Waals surface area (Å²) in [6.45, 7) is 2.42. The molecule has 2 N–H and O–H groups in total. The SMILES string of the molecule is CC(Sc1ncc(-c2ccccc2)[nH]1)C(=O)NCc1ccccc1. The lowest BCUT2D eigenvalue weighted by atomic mass is 10.2. The number of rotatable bonds is 6. The number of H-pyrrole nitrogens is 1. The van der Waals surface area contributed by atoms with Crippen molar-refractivity contribution < 1.29 is 4.79 Å². The molecule has 1 amide bonds. The molecule has 0 saturated carbocycles. The Morgan fingerprint density at radius 2 is 1.79 bits per heavy atom. The predicted octanol–water partition coefficient (Wildman–Crippen LogP) is 3.87. The summed E-state index contributed by atoms with van der Waals surface area (Å²) in [7, 11) is 0. The molecule has 1 aromatic heterocycles. The van der Waals surface area contributed by atoms with Crippen LogP contribution < -0.4 is 5.32 Å². The number of aromatic amines is 1. The molecule has 0 fully saturated rings. The van der Waals surface area contributed by atoms with Gasteiger partial charge in [0.1, 0.15) is 0 Å². The first-order chi connectivity index (χ1) is 11.7. The summed E-state index contributed by atoms with van der Waals surface area (Å²) in [6.07, 6.45) is 1.80. The number of carbonyl (C=O) groups is 1. The lowest BCUT2D eigenvalue weighted by molar-refractivity contribution is -0.120. The molecule has 0 saturated heterocycles. The van der Waals surface area contributed by atoms with Crippen molar-refractivity contribution >= 4 is 17.7 Å². The quantitative estimate of drug-likeness (QED) is 0.671. The number of amides is 1. The highest BCUT2D eigenvalue weighted by Crippen LogP contribution is 2.24. The van der Waals surface area contributed by atoms with Crippen molar-refractivity contribution in [1.82, 2.24) is 15.3 Å². The predicted molar refractivity (Wildman–Crippen MR) is 97.6 cm³/mol. The third-order valence-electron chi connectivity index (χ3n) is 3.60. The molecule has 5 heteroatoms. The highest BCUT2D eigenvalue weighted by atomic mass is 32.2. The summed E-state index contributed by atoms with van der Waals surface area (Å²) in [4.78, 5) is 19.8. The van der Waals surface area contributed by atoms with Crippen molar-refractivity contribution in [2.75, 3.05) is 0 Å². The average molecular weight is 337 g/mol. The number of carbonyl (C=O) groups excluding carboxylic acids is 1. The van der Waals surface area contributed by atoms with Gasteiger partial charge in [0, 0.05) is 6.54 Å². The van der Waals surface area contributed by atoms with Crippen molar-refractivity contribution in [3.63, 3.8) is 0 Å². The molecule has 0 aliphatic carbocycles. The molecule has 1 unspecified atom stereocenters. The molecule has 1 atom stereocenters. The largest absolute Gasteiger partial charge is 0.351 e. The van der Waals surface area contributed by atoms with Crippen molar-refractivity contribution in [1.29, 1.82) is 0 Å². The first kappa shape index (κ1) is 16.3. The van der Waals surface area contributed by atoms with E-state index in [0.29, 0.717) is 6.54 Å². The van der Waals surface area contributed by atoms with Crippen LogP contribution in [0.25, 0.3) is 11.3 Å². The van der Waals surface area contributed by atoms with E-state index in [1.165, 1.54) is 11.8 Å². The molecule has 0 aliphatic rings. The van der Waals surface area contributed by atoms with Crippen LogP contribution in [0, 0.1) is 0 Å². The van der Waals surface area contributed by atoms with Gasteiger partial charge < -0.3 is 10.3 Å². The molecule has 0 radical (unpaired) electrons. The fourth-order valence-electron chi connectivity index (χ4n) is 2.28. The van der Waals surface area contributed by atoms with Gasteiger partial charge in [0.05, 0.1) is 17.1 Å². The fraction of sp³-hybridized carbons (Fsp3) is 0.158. The second kappa shape index (κ2) is 7.84. The molecule has 24 heavy (non-hydrogen) atoms. The first-order valence-electron chi connectivity index (χ1n) is 7.81. The maximum absolute atomic E-state index is 12.2. The smallest absolute Gasteiger partial charge is 0.233 e. The van der Waals surface area contributed by atoms with Gasteiger partial charge in [-0.2, -0.15) is 0 Å². The normalized spacial score (nSPS) is 11.9. The molecule has 4 nitrogen and oxygen atoms in total. The minimum Gasteiger partial charge on any atom is -0.351 e. The Morgan fingerprint density at radius 1 is 1.12 bits per heavy atom. The number of imidazole rings is 1. The lowest BCUT2D eigenvalue weighted by Crippen LogP contribution is -2.30. The van der Waals surface area contributed by atoms with Crippen LogP contribution in [-0.2, 0) is 11.3 Å². The van der Waals surface area contributed by atoms with E-state index in [1.807, 2.05) is 67.6 Å². The number of nitrogens with zero attached hydrogens (tertiary/aromatic N) is 1. The third kappa shape index (κ3) is 4.26. The Kier molecular flexibility index (Phi) is 5.33. The van der Waals surface area contributed by atoms with E-state index in [1.54, 1.807) is 6.20 Å². The standard InChI is InChI=1S/C19H19N3OS/c1-14(18(23)20-12-15-8-4-2-5-9-15)24-19-21-13-17(22-19)16-10-6-3-7-11-16/h2-11,13-14H,12H2,1H3,(H,20,23)(H,21,22). The number of nitrogens with one attached hydrogen (secondary N) is 2. The minimum atomic E-state index is -0.219. The Bertz CT molecular complexity index is 787. The molecular formula is C19H19N3OS. The van der Waals surface area contributed by atoms with Crippen LogP contribution >= 0.6 is 11.8 Å². The van der Waals surface area contributed by atoms with E-state index in [2.05, 4.69) is 15.3 Å². The second-order valence-corrected chi connectivity index (χ2v) is 6.76. The Morgan fingerprint density at radius 3 is 2.50 bits per heavy atom. The summed E-state index contributed by atoms with van der Waals surface area (Å²) < 4.78 is 0. The first-order valence-corrected chi connectivity index (χ1v) is 8.69. The van der Waals surface area contributed by atoms with Crippen LogP contribution in [-0.4, -0.2) is 21.1 Å². The van der Waals surface area contributed by atoms with Gasteiger partial charge in [0.25, 0.3) is 0 Å². The molecule has 2 aromatic carbocycles. The Balaban J connectivity index is 1.55. The molecular weight excluding hydrogens is 318 g/mol. The summed E-state index contributed by atoms with van der Waals surface area (Å²) in [6, 6.07) is 19.9. The van der Waals surface area contributed by atoms with Gasteiger partial charge in [0.2, 0.25) is 5.91 Å². The minimum absolute atomic E-state index is 0.00140. The van der Waals surface area contributed by atoms with Gasteiger partial charge in [0.15, 0.2) is 5.16 Å². The van der Waals surface area contributed by atoms with Crippen LogP contribution in [0.4, 0.5) is 0 Å². The zero-order valence-electron chi connectivity index (χ0n) is 13.4. The molecule has 0 spiro atoms. The Hall–Kier alpha value is -2.53. The van der Waals surface area contributed by atoms with Gasteiger partial charge in [-0.05, 0) is 18.1 Å². The molecule has 0 bridgehead atoms.